The van der Waals surface area contributed by atoms with Crippen LogP contribution >= 0.6 is 0 Å². The van der Waals surface area contributed by atoms with E-state index in [0.717, 1.165) is 36.8 Å². The molecule has 0 aromatic heterocycles. The SMILES string of the molecule is CC1(C)CCC(CCCOc2ccc(-c3ccc(C4=NC=CC4)cc3)cc2)CC1.O=C(O)C(F)(F)F. The quantitative estimate of drug-likeness (QED) is 0.390. The number of benzene rings is 2. The van der Waals surface area contributed by atoms with Crippen molar-refractivity contribution < 1.29 is 27.8 Å². The topological polar surface area (TPSA) is 58.9 Å². The van der Waals surface area contributed by atoms with E-state index in [1.54, 1.807) is 0 Å². The maximum atomic E-state index is 10.6. The summed E-state index contributed by atoms with van der Waals surface area (Å²) >= 11 is 0. The molecule has 0 radical (unpaired) electrons. The van der Waals surface area contributed by atoms with E-state index >= 15 is 0 Å². The lowest BCUT2D eigenvalue weighted by molar-refractivity contribution is -0.192. The van der Waals surface area contributed by atoms with E-state index < -0.39 is 12.1 Å². The van der Waals surface area contributed by atoms with Gasteiger partial charge in [-0.25, -0.2) is 4.79 Å². The Labute approximate surface area is 210 Å². The van der Waals surface area contributed by atoms with Crippen molar-refractivity contribution in [1.82, 2.24) is 0 Å². The van der Waals surface area contributed by atoms with E-state index in [2.05, 4.69) is 73.4 Å². The summed E-state index contributed by atoms with van der Waals surface area (Å²) < 4.78 is 37.7. The summed E-state index contributed by atoms with van der Waals surface area (Å²) in [6.07, 6.45) is 7.85. The molecule has 0 spiro atoms. The van der Waals surface area contributed by atoms with Crippen molar-refractivity contribution in [3.8, 4) is 16.9 Å². The standard InChI is InChI=1S/C27H33NO.C2HF3O2/c1-27(2)17-15-21(16-18-27)5-4-20-29-25-13-11-23(12-14-25)22-7-9-24(10-8-22)26-6-3-19-28-26;3-2(4,5)1(6)7/h3,7-14,19,21H,4-6,15-18,20H2,1-2H3;(H,6,7). The van der Waals surface area contributed by atoms with Crippen LogP contribution in [0.5, 0.6) is 5.75 Å². The summed E-state index contributed by atoms with van der Waals surface area (Å²) in [7, 11) is 0. The van der Waals surface area contributed by atoms with Crippen molar-refractivity contribution in [2.45, 2.75) is 65.0 Å². The lowest BCUT2D eigenvalue weighted by atomic mass is 9.72. The highest BCUT2D eigenvalue weighted by Gasteiger charge is 2.38. The number of nitrogens with zero attached hydrogens (tertiary/aromatic N) is 1. The van der Waals surface area contributed by atoms with Gasteiger partial charge in [0.1, 0.15) is 5.75 Å². The van der Waals surface area contributed by atoms with Crippen molar-refractivity contribution >= 4 is 11.7 Å². The minimum Gasteiger partial charge on any atom is -0.494 e. The Hall–Kier alpha value is -3.09. The summed E-state index contributed by atoms with van der Waals surface area (Å²) in [5.74, 6) is -0.878. The molecule has 0 bridgehead atoms. The molecular formula is C29H34F3NO3. The smallest absolute Gasteiger partial charge is 0.490 e. The molecule has 1 fully saturated rings. The third-order valence-corrected chi connectivity index (χ3v) is 6.78. The monoisotopic (exact) mass is 501 g/mol. The minimum atomic E-state index is -5.08. The van der Waals surface area contributed by atoms with E-state index in [9.17, 15) is 13.2 Å². The van der Waals surface area contributed by atoms with Gasteiger partial charge in [-0.05, 0) is 78.7 Å². The Morgan fingerprint density at radius 3 is 2.03 bits per heavy atom. The second-order valence-corrected chi connectivity index (χ2v) is 10.2. The molecule has 1 heterocycles. The number of hydrogen-bond acceptors (Lipinski definition) is 3. The zero-order chi connectivity index (χ0) is 26.2. The van der Waals surface area contributed by atoms with E-state index in [1.807, 2.05) is 6.20 Å². The van der Waals surface area contributed by atoms with Gasteiger partial charge < -0.3 is 9.84 Å². The van der Waals surface area contributed by atoms with Crippen LogP contribution in [0.15, 0.2) is 65.8 Å². The maximum absolute atomic E-state index is 10.6. The van der Waals surface area contributed by atoms with Crippen LogP contribution in [0.1, 0.15) is 64.4 Å². The number of carboxylic acid groups (broad SMARTS) is 1. The van der Waals surface area contributed by atoms with Gasteiger partial charge in [-0.15, -0.1) is 0 Å². The molecule has 0 saturated heterocycles. The van der Waals surface area contributed by atoms with Crippen LogP contribution in [0, 0.1) is 11.3 Å². The number of hydrogen-bond donors (Lipinski definition) is 1. The van der Waals surface area contributed by atoms with E-state index in [-0.39, 0.29) is 0 Å². The molecule has 1 aliphatic heterocycles. The number of ether oxygens (including phenoxy) is 1. The van der Waals surface area contributed by atoms with Crippen molar-refractivity contribution in [3.63, 3.8) is 0 Å². The normalized spacial score (nSPS) is 17.2. The molecule has 4 nitrogen and oxygen atoms in total. The van der Waals surface area contributed by atoms with Crippen LogP contribution in [0.3, 0.4) is 0 Å². The lowest BCUT2D eigenvalue weighted by Crippen LogP contribution is -2.21. The number of aliphatic carboxylic acids is 1. The molecule has 36 heavy (non-hydrogen) atoms. The lowest BCUT2D eigenvalue weighted by Gasteiger charge is -2.34. The number of carboxylic acids is 1. The van der Waals surface area contributed by atoms with Gasteiger partial charge in [-0.1, -0.05) is 56.3 Å². The molecule has 4 rings (SSSR count). The Bertz CT molecular complexity index is 1040. The number of rotatable bonds is 7. The summed E-state index contributed by atoms with van der Waals surface area (Å²) in [5, 5.41) is 7.12. The third kappa shape index (κ3) is 8.54. The van der Waals surface area contributed by atoms with Crippen molar-refractivity contribution in [1.29, 1.82) is 0 Å². The Morgan fingerprint density at radius 1 is 1.00 bits per heavy atom. The molecule has 1 aliphatic carbocycles. The molecule has 7 heteroatoms. The molecule has 1 saturated carbocycles. The Balaban J connectivity index is 0.000000454. The molecule has 2 aromatic rings. The van der Waals surface area contributed by atoms with Crippen LogP contribution in [-0.4, -0.2) is 29.6 Å². The van der Waals surface area contributed by atoms with E-state index in [1.165, 1.54) is 48.8 Å². The molecule has 1 N–H and O–H groups in total. The van der Waals surface area contributed by atoms with Gasteiger partial charge in [0, 0.05) is 12.6 Å². The molecule has 0 unspecified atom stereocenters. The van der Waals surface area contributed by atoms with Gasteiger partial charge in [0.05, 0.1) is 12.3 Å². The summed E-state index contributed by atoms with van der Waals surface area (Å²) in [5.41, 5.74) is 5.38. The predicted molar refractivity (Wildman–Crippen MR) is 136 cm³/mol. The fraction of sp³-hybridized carbons (Fsp3) is 0.448. The van der Waals surface area contributed by atoms with Crippen molar-refractivity contribution in [2.24, 2.45) is 16.3 Å². The van der Waals surface area contributed by atoms with Crippen molar-refractivity contribution in [3.05, 3.63) is 66.4 Å². The average molecular weight is 502 g/mol. The molecule has 194 valence electrons. The molecule has 0 atom stereocenters. The summed E-state index contributed by atoms with van der Waals surface area (Å²) in [4.78, 5) is 13.3. The fourth-order valence-corrected chi connectivity index (χ4v) is 4.46. The van der Waals surface area contributed by atoms with Crippen LogP contribution in [0.2, 0.25) is 0 Å². The first-order chi connectivity index (χ1) is 17.0. The second-order valence-electron chi connectivity index (χ2n) is 10.2. The summed E-state index contributed by atoms with van der Waals surface area (Å²) in [6.45, 7) is 5.64. The first-order valence-electron chi connectivity index (χ1n) is 12.4. The molecule has 0 amide bonds. The first kappa shape index (κ1) is 27.5. The number of halogens is 3. The predicted octanol–water partition coefficient (Wildman–Crippen LogP) is 8.07. The van der Waals surface area contributed by atoms with Gasteiger partial charge in [0.25, 0.3) is 0 Å². The second kappa shape index (κ2) is 12.2. The van der Waals surface area contributed by atoms with Gasteiger partial charge >= 0.3 is 12.1 Å². The molecule has 2 aliphatic rings. The van der Waals surface area contributed by atoms with Gasteiger partial charge in [-0.3, -0.25) is 4.99 Å². The highest BCUT2D eigenvalue weighted by atomic mass is 19.4. The number of aliphatic imine (C=N–C) groups is 1. The van der Waals surface area contributed by atoms with Crippen LogP contribution < -0.4 is 4.74 Å². The van der Waals surface area contributed by atoms with E-state index in [0.29, 0.717) is 5.41 Å². The van der Waals surface area contributed by atoms with Gasteiger partial charge in [0.2, 0.25) is 0 Å². The number of carbonyl (C=O) groups is 1. The number of allylic oxidation sites excluding steroid dienone is 1. The fourth-order valence-electron chi connectivity index (χ4n) is 4.46. The maximum Gasteiger partial charge on any atom is 0.490 e. The highest BCUT2D eigenvalue weighted by molar-refractivity contribution is 6.03. The minimum absolute atomic E-state index is 0.566. The average Bonchev–Trinajstić information content (AvgIpc) is 3.38. The van der Waals surface area contributed by atoms with Gasteiger partial charge in [0.15, 0.2) is 0 Å². The van der Waals surface area contributed by atoms with Crippen LogP contribution in [-0.2, 0) is 4.79 Å². The van der Waals surface area contributed by atoms with Gasteiger partial charge in [-0.2, -0.15) is 13.2 Å². The Kier molecular flexibility index (Phi) is 9.35. The zero-order valence-corrected chi connectivity index (χ0v) is 20.9. The highest BCUT2D eigenvalue weighted by Crippen LogP contribution is 2.39. The molecular weight excluding hydrogens is 467 g/mol. The first-order valence-corrected chi connectivity index (χ1v) is 12.4. The van der Waals surface area contributed by atoms with E-state index in [4.69, 9.17) is 14.6 Å². The number of alkyl halides is 3. The van der Waals surface area contributed by atoms with Crippen LogP contribution in [0.25, 0.3) is 11.1 Å². The largest absolute Gasteiger partial charge is 0.494 e. The Morgan fingerprint density at radius 2 is 1.53 bits per heavy atom. The van der Waals surface area contributed by atoms with Crippen molar-refractivity contribution in [2.75, 3.05) is 6.61 Å². The zero-order valence-electron chi connectivity index (χ0n) is 20.9. The summed E-state index contributed by atoms with van der Waals surface area (Å²) in [6, 6.07) is 17.2. The molecule has 2 aromatic carbocycles. The van der Waals surface area contributed by atoms with Crippen LogP contribution in [0.4, 0.5) is 13.2 Å². The third-order valence-electron chi connectivity index (χ3n) is 6.78.